The molecule has 4 rings (SSSR count). The Bertz CT molecular complexity index is 1570. The quantitative estimate of drug-likeness (QED) is 0.0862. The highest BCUT2D eigenvalue weighted by atomic mass is 35.5. The third-order valence-corrected chi connectivity index (χ3v) is 8.96. The number of hydrogen-bond acceptors (Lipinski definition) is 6. The molecule has 6 nitrogen and oxygen atoms in total. The molecule has 7 heteroatoms. The summed E-state index contributed by atoms with van der Waals surface area (Å²) >= 11 is 6.36. The van der Waals surface area contributed by atoms with E-state index in [4.69, 9.17) is 31.6 Å². The minimum absolute atomic E-state index is 0.0143. The van der Waals surface area contributed by atoms with Crippen molar-refractivity contribution in [2.24, 2.45) is 5.92 Å². The van der Waals surface area contributed by atoms with Gasteiger partial charge in [-0.3, -0.25) is 0 Å². The molecule has 0 saturated heterocycles. The van der Waals surface area contributed by atoms with Crippen LogP contribution in [0.2, 0.25) is 5.02 Å². The predicted molar refractivity (Wildman–Crippen MR) is 176 cm³/mol. The van der Waals surface area contributed by atoms with E-state index in [0.29, 0.717) is 22.6 Å². The molecule has 0 heterocycles. The average molecular weight is 623 g/mol. The van der Waals surface area contributed by atoms with Crippen LogP contribution in [-0.4, -0.2) is 11.9 Å². The lowest BCUT2D eigenvalue weighted by Gasteiger charge is -2.29. The summed E-state index contributed by atoms with van der Waals surface area (Å²) in [6.07, 6.45) is 13.0. The molecule has 0 aromatic heterocycles. The normalized spacial score (nSPS) is 15.8. The number of halogens is 1. The van der Waals surface area contributed by atoms with Gasteiger partial charge in [-0.15, -0.1) is 0 Å². The fourth-order valence-corrected chi connectivity index (χ4v) is 6.12. The molecule has 1 aliphatic carbocycles. The van der Waals surface area contributed by atoms with Gasteiger partial charge in [-0.05, 0) is 97.5 Å². The molecule has 0 amide bonds. The fourth-order valence-electron chi connectivity index (χ4n) is 5.88. The maximum Gasteiger partial charge on any atom is 0.345 e. The summed E-state index contributed by atoms with van der Waals surface area (Å²) in [6.45, 7) is 3.93. The summed E-state index contributed by atoms with van der Waals surface area (Å²) in [4.78, 5) is 25.6. The number of esters is 2. The second kappa shape index (κ2) is 16.6. The molecular weight excluding hydrogens is 584 g/mol. The Labute approximate surface area is 271 Å². The Hall–Kier alpha value is -4.39. The molecule has 0 aliphatic heterocycles. The largest absolute Gasteiger partial charge is 0.423 e. The van der Waals surface area contributed by atoms with Gasteiger partial charge in [-0.2, -0.15) is 10.5 Å². The number of rotatable bonds is 12. The molecule has 1 saturated carbocycles. The van der Waals surface area contributed by atoms with Crippen LogP contribution in [0, 0.1) is 28.6 Å². The summed E-state index contributed by atoms with van der Waals surface area (Å²) in [5.74, 6) is 0.704. The first-order valence-electron chi connectivity index (χ1n) is 15.8. The molecule has 3 aromatic carbocycles. The number of carbonyl (C=O) groups excluding carboxylic acids is 2. The molecule has 0 N–H and O–H groups in total. The van der Waals surface area contributed by atoms with Crippen molar-refractivity contribution in [3.8, 4) is 23.6 Å². The second-order valence-electron chi connectivity index (χ2n) is 11.7. The summed E-state index contributed by atoms with van der Waals surface area (Å²) in [6, 6.07) is 22.2. The second-order valence-corrected chi connectivity index (χ2v) is 12.1. The maximum absolute atomic E-state index is 12.8. The number of allylic oxidation sites excluding steroid dienone is 2. The summed E-state index contributed by atoms with van der Waals surface area (Å²) < 4.78 is 11.0. The predicted octanol–water partition coefficient (Wildman–Crippen LogP) is 10.2. The Morgan fingerprint density at radius 3 is 2.00 bits per heavy atom. The van der Waals surface area contributed by atoms with E-state index in [-0.39, 0.29) is 27.7 Å². The van der Waals surface area contributed by atoms with E-state index in [1.807, 2.05) is 36.4 Å². The molecule has 45 heavy (non-hydrogen) atoms. The first-order chi connectivity index (χ1) is 21.8. The third-order valence-electron chi connectivity index (χ3n) is 8.65. The van der Waals surface area contributed by atoms with Crippen molar-refractivity contribution in [2.45, 2.75) is 84.0 Å². The minimum atomic E-state index is -0.677. The lowest BCUT2D eigenvalue weighted by Crippen LogP contribution is -2.14. The molecule has 232 valence electrons. The van der Waals surface area contributed by atoms with Crippen LogP contribution in [0.1, 0.15) is 116 Å². The van der Waals surface area contributed by atoms with Gasteiger partial charge in [0.2, 0.25) is 0 Å². The fraction of sp³-hybridized carbons (Fsp3) is 0.368. The maximum atomic E-state index is 12.8. The number of carbonyl (C=O) groups is 2. The van der Waals surface area contributed by atoms with E-state index in [0.717, 1.165) is 5.92 Å². The highest BCUT2D eigenvalue weighted by Crippen LogP contribution is 2.38. The van der Waals surface area contributed by atoms with E-state index in [9.17, 15) is 9.59 Å². The number of nitrogens with zero attached hydrogens (tertiary/aromatic N) is 2. The van der Waals surface area contributed by atoms with Crippen LogP contribution in [0.5, 0.6) is 11.5 Å². The van der Waals surface area contributed by atoms with Gasteiger partial charge < -0.3 is 9.47 Å². The number of benzene rings is 3. The summed E-state index contributed by atoms with van der Waals surface area (Å²) in [5.41, 5.74) is 3.04. The summed E-state index contributed by atoms with van der Waals surface area (Å²) in [5, 5.41) is 18.2. The van der Waals surface area contributed by atoms with Gasteiger partial charge in [0.05, 0.1) is 16.1 Å². The van der Waals surface area contributed by atoms with Gasteiger partial charge in [0, 0.05) is 6.07 Å². The SMILES string of the molecule is CCCCCCC[C@H]1CC[C@H](c2ccc(C(=O)Oc3ccc(C(=O)Oc4ccc(C(C)=C(C#N)C#N)cc4)c(Cl)c3)cc2)CC1. The first-order valence-corrected chi connectivity index (χ1v) is 16.2. The number of hydrogen-bond donors (Lipinski definition) is 0. The van der Waals surface area contributed by atoms with Crippen molar-refractivity contribution in [3.05, 3.63) is 99.6 Å². The van der Waals surface area contributed by atoms with Gasteiger partial charge >= 0.3 is 11.9 Å². The zero-order valence-corrected chi connectivity index (χ0v) is 26.7. The van der Waals surface area contributed by atoms with Crippen LogP contribution in [0.15, 0.2) is 72.3 Å². The Kier molecular flexibility index (Phi) is 12.4. The molecule has 0 spiro atoms. The van der Waals surface area contributed by atoms with E-state index >= 15 is 0 Å². The minimum Gasteiger partial charge on any atom is -0.423 e. The van der Waals surface area contributed by atoms with Gasteiger partial charge in [-0.1, -0.05) is 81.3 Å². The lowest BCUT2D eigenvalue weighted by molar-refractivity contribution is 0.0730. The standard InChI is InChI=1S/C38H39ClN2O4/c1-3-4-5-6-7-8-27-9-11-29(12-10-27)30-13-15-31(16-14-30)37(42)45-34-21-22-35(36(39)23-34)38(43)44-33-19-17-28(18-20-33)26(2)32(24-40)25-41/h13-23,27,29H,3-12H2,1-2H3/t27-,29-. The van der Waals surface area contributed by atoms with E-state index in [1.165, 1.54) is 88.0 Å². The van der Waals surface area contributed by atoms with E-state index in [1.54, 1.807) is 31.2 Å². The summed E-state index contributed by atoms with van der Waals surface area (Å²) in [7, 11) is 0. The molecular formula is C38H39ClN2O4. The molecule has 1 aliphatic rings. The number of ether oxygens (including phenoxy) is 2. The lowest BCUT2D eigenvalue weighted by atomic mass is 9.77. The van der Waals surface area contributed by atoms with Crippen LogP contribution < -0.4 is 9.47 Å². The van der Waals surface area contributed by atoms with Crippen LogP contribution in [0.25, 0.3) is 5.57 Å². The topological polar surface area (TPSA) is 100 Å². The molecule has 1 fully saturated rings. The van der Waals surface area contributed by atoms with Crippen molar-refractivity contribution >= 4 is 29.1 Å². The van der Waals surface area contributed by atoms with Crippen LogP contribution in [-0.2, 0) is 0 Å². The average Bonchev–Trinajstić information content (AvgIpc) is 3.06. The van der Waals surface area contributed by atoms with Crippen molar-refractivity contribution in [2.75, 3.05) is 0 Å². The zero-order chi connectivity index (χ0) is 32.2. The van der Waals surface area contributed by atoms with Crippen molar-refractivity contribution in [1.29, 1.82) is 10.5 Å². The zero-order valence-electron chi connectivity index (χ0n) is 26.0. The van der Waals surface area contributed by atoms with Gasteiger partial charge in [-0.25, -0.2) is 9.59 Å². The molecule has 0 unspecified atom stereocenters. The number of nitriles is 2. The van der Waals surface area contributed by atoms with Gasteiger partial charge in [0.15, 0.2) is 0 Å². The molecule has 0 atom stereocenters. The monoisotopic (exact) mass is 622 g/mol. The smallest absolute Gasteiger partial charge is 0.345 e. The molecule has 0 bridgehead atoms. The van der Waals surface area contributed by atoms with Crippen molar-refractivity contribution in [3.63, 3.8) is 0 Å². The van der Waals surface area contributed by atoms with Crippen LogP contribution in [0.4, 0.5) is 0 Å². The highest BCUT2D eigenvalue weighted by Gasteiger charge is 2.23. The Morgan fingerprint density at radius 1 is 0.778 bits per heavy atom. The van der Waals surface area contributed by atoms with Gasteiger partial charge in [0.1, 0.15) is 29.2 Å². The van der Waals surface area contributed by atoms with Gasteiger partial charge in [0.25, 0.3) is 0 Å². The molecule has 0 radical (unpaired) electrons. The van der Waals surface area contributed by atoms with Crippen molar-refractivity contribution in [1.82, 2.24) is 0 Å². The van der Waals surface area contributed by atoms with E-state index in [2.05, 4.69) is 6.92 Å². The van der Waals surface area contributed by atoms with Crippen molar-refractivity contribution < 1.29 is 19.1 Å². The first kappa shape index (κ1) is 33.5. The number of unbranched alkanes of at least 4 members (excludes halogenated alkanes) is 4. The molecule has 3 aromatic rings. The Morgan fingerprint density at radius 2 is 1.38 bits per heavy atom. The third kappa shape index (κ3) is 9.30. The van der Waals surface area contributed by atoms with E-state index < -0.39 is 11.9 Å². The van der Waals surface area contributed by atoms with Crippen LogP contribution >= 0.6 is 11.6 Å². The highest BCUT2D eigenvalue weighted by molar-refractivity contribution is 6.33. The Balaban J connectivity index is 1.28. The van der Waals surface area contributed by atoms with Crippen LogP contribution in [0.3, 0.4) is 0 Å².